The lowest BCUT2D eigenvalue weighted by Gasteiger charge is -2.45. The number of hydrogen-bond acceptors (Lipinski definition) is 3. The number of ether oxygens (including phenoxy) is 1. The minimum absolute atomic E-state index is 0.0321. The first-order valence-corrected chi connectivity index (χ1v) is 9.69. The number of nitrogens with one attached hydrogen (secondary N) is 1. The summed E-state index contributed by atoms with van der Waals surface area (Å²) >= 11 is 0. The average molecular weight is 351 g/mol. The number of aliphatic hydroxyl groups excluding tert-OH is 1. The van der Waals surface area contributed by atoms with Crippen molar-refractivity contribution in [2.75, 3.05) is 11.9 Å². The molecule has 3 heteroatoms. The predicted molar refractivity (Wildman–Crippen MR) is 105 cm³/mol. The summed E-state index contributed by atoms with van der Waals surface area (Å²) in [6.45, 7) is 6.83. The fourth-order valence-electron chi connectivity index (χ4n) is 4.35. The van der Waals surface area contributed by atoms with E-state index in [1.165, 1.54) is 16.7 Å². The molecule has 0 spiro atoms. The summed E-state index contributed by atoms with van der Waals surface area (Å²) in [5.41, 5.74) is 5.13. The van der Waals surface area contributed by atoms with E-state index in [2.05, 4.69) is 74.6 Å². The van der Waals surface area contributed by atoms with Crippen molar-refractivity contribution in [3.05, 3.63) is 65.2 Å². The van der Waals surface area contributed by atoms with E-state index in [1.807, 2.05) is 0 Å². The molecule has 2 unspecified atom stereocenters. The van der Waals surface area contributed by atoms with Gasteiger partial charge in [0, 0.05) is 17.2 Å². The number of fused-ring (bicyclic) bond motifs is 3. The molecule has 0 aromatic heterocycles. The van der Waals surface area contributed by atoms with Gasteiger partial charge in [0.15, 0.2) is 0 Å². The molecule has 0 bridgehead atoms. The highest BCUT2D eigenvalue weighted by molar-refractivity contribution is 5.59. The van der Waals surface area contributed by atoms with Gasteiger partial charge in [-0.1, -0.05) is 63.2 Å². The molecule has 0 saturated carbocycles. The molecule has 4 rings (SSSR count). The van der Waals surface area contributed by atoms with Gasteiger partial charge in [-0.15, -0.1) is 0 Å². The molecule has 0 amide bonds. The first kappa shape index (κ1) is 17.6. The first-order chi connectivity index (χ1) is 12.5. The summed E-state index contributed by atoms with van der Waals surface area (Å²) in [6.07, 6.45) is 1.94. The summed E-state index contributed by atoms with van der Waals surface area (Å²) in [5.74, 6) is 0.378. The lowest BCUT2D eigenvalue weighted by atomic mass is 9.75. The van der Waals surface area contributed by atoms with E-state index < -0.39 is 0 Å². The Morgan fingerprint density at radius 3 is 2.54 bits per heavy atom. The summed E-state index contributed by atoms with van der Waals surface area (Å²) < 4.78 is 6.40. The normalized spacial score (nSPS) is 28.0. The van der Waals surface area contributed by atoms with Gasteiger partial charge in [-0.05, 0) is 35.4 Å². The van der Waals surface area contributed by atoms with E-state index in [0.29, 0.717) is 5.92 Å². The molecule has 0 radical (unpaired) electrons. The van der Waals surface area contributed by atoms with Crippen molar-refractivity contribution in [3.63, 3.8) is 0 Å². The van der Waals surface area contributed by atoms with Crippen LogP contribution in [0.2, 0.25) is 0 Å². The molecule has 2 aliphatic rings. The highest BCUT2D eigenvalue weighted by Gasteiger charge is 2.42. The maximum atomic E-state index is 9.66. The van der Waals surface area contributed by atoms with Crippen LogP contribution in [-0.4, -0.2) is 17.8 Å². The molecule has 2 N–H and O–H groups in total. The molecule has 3 nitrogen and oxygen atoms in total. The van der Waals surface area contributed by atoms with Crippen LogP contribution in [0, 0.1) is 5.92 Å². The van der Waals surface area contributed by atoms with E-state index in [1.54, 1.807) is 0 Å². The molecule has 138 valence electrons. The predicted octanol–water partition coefficient (Wildman–Crippen LogP) is 4.98. The summed E-state index contributed by atoms with van der Waals surface area (Å²) in [4.78, 5) is 0. The van der Waals surface area contributed by atoms with Gasteiger partial charge in [0.25, 0.3) is 0 Å². The van der Waals surface area contributed by atoms with Crippen LogP contribution in [0.4, 0.5) is 5.69 Å². The molecule has 1 saturated heterocycles. The van der Waals surface area contributed by atoms with Crippen molar-refractivity contribution in [3.8, 4) is 0 Å². The fourth-order valence-corrected chi connectivity index (χ4v) is 4.35. The fraction of sp³-hybridized carbons (Fsp3) is 0.478. The van der Waals surface area contributed by atoms with Crippen LogP contribution in [0.1, 0.15) is 62.4 Å². The van der Waals surface area contributed by atoms with Crippen LogP contribution < -0.4 is 5.32 Å². The molecule has 2 heterocycles. The molecule has 0 aliphatic carbocycles. The van der Waals surface area contributed by atoms with Crippen LogP contribution >= 0.6 is 0 Å². The van der Waals surface area contributed by atoms with E-state index in [-0.39, 0.29) is 30.3 Å². The van der Waals surface area contributed by atoms with Gasteiger partial charge in [0.05, 0.1) is 24.9 Å². The van der Waals surface area contributed by atoms with Crippen molar-refractivity contribution >= 4 is 5.69 Å². The lowest BCUT2D eigenvalue weighted by molar-refractivity contribution is -0.110. The minimum Gasteiger partial charge on any atom is -0.394 e. The van der Waals surface area contributed by atoms with Crippen LogP contribution in [0.3, 0.4) is 0 Å². The Bertz CT molecular complexity index is 766. The van der Waals surface area contributed by atoms with Gasteiger partial charge in [0.1, 0.15) is 0 Å². The van der Waals surface area contributed by atoms with E-state index >= 15 is 0 Å². The highest BCUT2D eigenvalue weighted by Crippen LogP contribution is 2.50. The standard InChI is InChI=1S/C23H29NO2/c1-23(2,3)16-9-12-20-19(13-16)22-18(11-10-17(14-25)26-22)21(24-20)15-7-5-4-6-8-15/h4-9,12-13,17-18,21-22,24-25H,10-11,14H2,1-3H3/t17-,18?,21-,22?/m1/s1. The number of benzene rings is 2. The zero-order valence-electron chi connectivity index (χ0n) is 15.9. The molecular weight excluding hydrogens is 322 g/mol. The Kier molecular flexibility index (Phi) is 4.54. The zero-order valence-corrected chi connectivity index (χ0v) is 15.9. The molecule has 4 atom stereocenters. The molecule has 26 heavy (non-hydrogen) atoms. The van der Waals surface area contributed by atoms with Crippen LogP contribution in [0.15, 0.2) is 48.5 Å². The van der Waals surface area contributed by atoms with Gasteiger partial charge < -0.3 is 15.2 Å². The topological polar surface area (TPSA) is 41.5 Å². The van der Waals surface area contributed by atoms with Gasteiger partial charge in [0.2, 0.25) is 0 Å². The van der Waals surface area contributed by atoms with Gasteiger partial charge in [-0.2, -0.15) is 0 Å². The number of rotatable bonds is 2. The maximum Gasteiger partial charge on any atom is 0.0900 e. The van der Waals surface area contributed by atoms with Crippen LogP contribution in [0.25, 0.3) is 0 Å². The second-order valence-corrected chi connectivity index (χ2v) is 8.69. The Balaban J connectivity index is 1.77. The minimum atomic E-state index is -0.0584. The number of anilines is 1. The quantitative estimate of drug-likeness (QED) is 0.802. The van der Waals surface area contributed by atoms with Crippen molar-refractivity contribution in [1.82, 2.24) is 0 Å². The summed E-state index contributed by atoms with van der Waals surface area (Å²) in [5, 5.41) is 13.4. The Labute approximate surface area is 156 Å². The second kappa shape index (κ2) is 6.71. The third-order valence-corrected chi connectivity index (χ3v) is 5.88. The molecule has 2 aliphatic heterocycles. The monoisotopic (exact) mass is 351 g/mol. The first-order valence-electron chi connectivity index (χ1n) is 9.69. The Morgan fingerprint density at radius 2 is 1.85 bits per heavy atom. The van der Waals surface area contributed by atoms with E-state index in [4.69, 9.17) is 4.74 Å². The Hall–Kier alpha value is -1.84. The van der Waals surface area contributed by atoms with Gasteiger partial charge in [-0.3, -0.25) is 0 Å². The zero-order chi connectivity index (χ0) is 18.3. The van der Waals surface area contributed by atoms with Crippen molar-refractivity contribution in [2.24, 2.45) is 5.92 Å². The van der Waals surface area contributed by atoms with Crippen LogP contribution in [0.5, 0.6) is 0 Å². The SMILES string of the molecule is CC(C)(C)c1ccc2c(c1)C1O[C@@H](CO)CCC1[C@@H](c1ccccc1)N2. The summed E-state index contributed by atoms with van der Waals surface area (Å²) in [6, 6.07) is 17.6. The van der Waals surface area contributed by atoms with E-state index in [0.717, 1.165) is 18.5 Å². The van der Waals surface area contributed by atoms with Crippen molar-refractivity contribution < 1.29 is 9.84 Å². The highest BCUT2D eigenvalue weighted by atomic mass is 16.5. The van der Waals surface area contributed by atoms with Crippen LogP contribution in [-0.2, 0) is 10.2 Å². The average Bonchev–Trinajstić information content (AvgIpc) is 2.66. The largest absolute Gasteiger partial charge is 0.394 e. The molecular formula is C23H29NO2. The molecule has 2 aromatic carbocycles. The lowest BCUT2D eigenvalue weighted by Crippen LogP contribution is -2.40. The molecule has 2 aromatic rings. The van der Waals surface area contributed by atoms with Gasteiger partial charge >= 0.3 is 0 Å². The number of aliphatic hydroxyl groups is 1. The van der Waals surface area contributed by atoms with Crippen molar-refractivity contribution in [1.29, 1.82) is 0 Å². The smallest absolute Gasteiger partial charge is 0.0900 e. The van der Waals surface area contributed by atoms with Gasteiger partial charge in [-0.25, -0.2) is 0 Å². The summed E-state index contributed by atoms with van der Waals surface area (Å²) in [7, 11) is 0. The maximum absolute atomic E-state index is 9.66. The third-order valence-electron chi connectivity index (χ3n) is 5.88. The van der Waals surface area contributed by atoms with Crippen molar-refractivity contribution in [2.45, 2.75) is 57.3 Å². The third kappa shape index (κ3) is 3.15. The Morgan fingerprint density at radius 1 is 1.08 bits per heavy atom. The molecule has 1 fully saturated rings. The second-order valence-electron chi connectivity index (χ2n) is 8.69. The number of hydrogen-bond donors (Lipinski definition) is 2. The van der Waals surface area contributed by atoms with E-state index in [9.17, 15) is 5.11 Å².